The topological polar surface area (TPSA) is 12.0 Å². The van der Waals surface area contributed by atoms with Gasteiger partial charge in [-0.15, -0.1) is 11.3 Å². The second-order valence-electron chi connectivity index (χ2n) is 4.48. The monoisotopic (exact) mass is 297 g/mol. The van der Waals surface area contributed by atoms with Crippen LogP contribution in [0, 0.1) is 5.82 Å². The molecule has 0 spiro atoms. The van der Waals surface area contributed by atoms with Crippen molar-refractivity contribution in [2.24, 2.45) is 0 Å². The van der Waals surface area contributed by atoms with Crippen LogP contribution < -0.4 is 5.32 Å². The van der Waals surface area contributed by atoms with Crippen molar-refractivity contribution in [3.63, 3.8) is 0 Å². The summed E-state index contributed by atoms with van der Waals surface area (Å²) in [6, 6.07) is 9.13. The zero-order chi connectivity index (χ0) is 13.7. The van der Waals surface area contributed by atoms with Crippen molar-refractivity contribution in [1.29, 1.82) is 0 Å². The van der Waals surface area contributed by atoms with Gasteiger partial charge in [0.1, 0.15) is 5.82 Å². The molecule has 0 aliphatic rings. The van der Waals surface area contributed by atoms with E-state index < -0.39 is 0 Å². The van der Waals surface area contributed by atoms with Gasteiger partial charge in [0, 0.05) is 15.9 Å². The fourth-order valence-electron chi connectivity index (χ4n) is 2.14. The second-order valence-corrected chi connectivity index (χ2v) is 5.95. The van der Waals surface area contributed by atoms with E-state index in [9.17, 15) is 4.39 Å². The minimum Gasteiger partial charge on any atom is -0.314 e. The summed E-state index contributed by atoms with van der Waals surface area (Å²) in [6.45, 7) is 2.94. The first-order valence-corrected chi connectivity index (χ1v) is 7.64. The summed E-state index contributed by atoms with van der Waals surface area (Å²) in [5.74, 6) is -0.182. The normalized spacial score (nSPS) is 12.6. The summed E-state index contributed by atoms with van der Waals surface area (Å²) < 4.78 is 13.8. The molecule has 0 radical (unpaired) electrons. The van der Waals surface area contributed by atoms with E-state index in [-0.39, 0.29) is 11.9 Å². The first-order chi connectivity index (χ1) is 9.19. The number of thiophene rings is 1. The molecule has 1 aromatic carbocycles. The summed E-state index contributed by atoms with van der Waals surface area (Å²) in [5.41, 5.74) is 0.676. The van der Waals surface area contributed by atoms with Crippen LogP contribution in [-0.2, 0) is 12.8 Å². The Kier molecular flexibility index (Phi) is 5.37. The highest BCUT2D eigenvalue weighted by atomic mass is 35.5. The van der Waals surface area contributed by atoms with E-state index in [1.165, 1.54) is 10.9 Å². The maximum atomic E-state index is 13.8. The summed E-state index contributed by atoms with van der Waals surface area (Å²) in [4.78, 5) is 1.31. The fraction of sp³-hybridized carbons (Fsp3) is 0.333. The molecule has 1 aromatic heterocycles. The highest BCUT2D eigenvalue weighted by Gasteiger charge is 2.13. The molecule has 2 aromatic rings. The predicted molar refractivity (Wildman–Crippen MR) is 80.6 cm³/mol. The van der Waals surface area contributed by atoms with Crippen molar-refractivity contribution >= 4 is 22.9 Å². The maximum absolute atomic E-state index is 13.8. The Hall–Kier alpha value is -0.900. The van der Waals surface area contributed by atoms with Crippen LogP contribution in [0.3, 0.4) is 0 Å². The molecular formula is C15H17ClFNS. The molecule has 0 aliphatic carbocycles. The molecule has 0 saturated carbocycles. The number of benzene rings is 1. The Morgan fingerprint density at radius 2 is 2.16 bits per heavy atom. The van der Waals surface area contributed by atoms with Crippen LogP contribution in [0.1, 0.15) is 17.4 Å². The van der Waals surface area contributed by atoms with Crippen LogP contribution in [0.4, 0.5) is 4.39 Å². The predicted octanol–water partition coefficient (Wildman–Crippen LogP) is 4.30. The number of rotatable bonds is 6. The summed E-state index contributed by atoms with van der Waals surface area (Å²) >= 11 is 7.67. The van der Waals surface area contributed by atoms with Gasteiger partial charge in [-0.2, -0.15) is 0 Å². The molecule has 4 heteroatoms. The Balaban J connectivity index is 2.09. The minimum absolute atomic E-state index is 0.182. The first kappa shape index (κ1) is 14.5. The fourth-order valence-corrected chi connectivity index (χ4v) is 3.12. The number of halogens is 2. The lowest BCUT2D eigenvalue weighted by molar-refractivity contribution is 0.508. The van der Waals surface area contributed by atoms with E-state index in [2.05, 4.69) is 23.7 Å². The summed E-state index contributed by atoms with van der Waals surface area (Å²) in [5, 5.41) is 6.07. The van der Waals surface area contributed by atoms with E-state index >= 15 is 0 Å². The van der Waals surface area contributed by atoms with Gasteiger partial charge >= 0.3 is 0 Å². The number of likely N-dealkylation sites (N-methyl/N-ethyl adjacent to an activating group) is 1. The third kappa shape index (κ3) is 4.30. The second kappa shape index (κ2) is 7.04. The Morgan fingerprint density at radius 3 is 2.84 bits per heavy atom. The molecule has 1 unspecified atom stereocenters. The molecule has 0 amide bonds. The molecule has 1 atom stereocenters. The highest BCUT2D eigenvalue weighted by molar-refractivity contribution is 7.09. The molecule has 0 aliphatic heterocycles. The SMILES string of the molecule is CCNC(Cc1cccs1)Cc1cc(Cl)ccc1F. The number of nitrogens with one attached hydrogen (secondary N) is 1. The molecule has 1 N–H and O–H groups in total. The largest absolute Gasteiger partial charge is 0.314 e. The molecule has 102 valence electrons. The summed E-state index contributed by atoms with van der Waals surface area (Å²) in [7, 11) is 0. The quantitative estimate of drug-likeness (QED) is 0.838. The third-order valence-electron chi connectivity index (χ3n) is 2.99. The lowest BCUT2D eigenvalue weighted by atomic mass is 10.0. The van der Waals surface area contributed by atoms with Crippen LogP contribution in [0.15, 0.2) is 35.7 Å². The zero-order valence-corrected chi connectivity index (χ0v) is 12.4. The summed E-state index contributed by atoms with van der Waals surface area (Å²) in [6.07, 6.45) is 1.57. The number of hydrogen-bond donors (Lipinski definition) is 1. The van der Waals surface area contributed by atoms with Crippen LogP contribution in [0.2, 0.25) is 5.02 Å². The van der Waals surface area contributed by atoms with E-state index in [1.807, 2.05) is 6.07 Å². The Morgan fingerprint density at radius 1 is 1.32 bits per heavy atom. The van der Waals surface area contributed by atoms with Crippen LogP contribution >= 0.6 is 22.9 Å². The minimum atomic E-state index is -0.182. The smallest absolute Gasteiger partial charge is 0.126 e. The van der Waals surface area contributed by atoms with Gasteiger partial charge in [-0.05, 0) is 54.6 Å². The van der Waals surface area contributed by atoms with Gasteiger partial charge in [0.2, 0.25) is 0 Å². The van der Waals surface area contributed by atoms with Crippen molar-refractivity contribution in [1.82, 2.24) is 5.32 Å². The van der Waals surface area contributed by atoms with E-state index in [0.29, 0.717) is 17.0 Å². The van der Waals surface area contributed by atoms with Gasteiger partial charge in [-0.3, -0.25) is 0 Å². The molecule has 1 heterocycles. The van der Waals surface area contributed by atoms with Crippen molar-refractivity contribution in [2.45, 2.75) is 25.8 Å². The van der Waals surface area contributed by atoms with Gasteiger partial charge in [0.05, 0.1) is 0 Å². The zero-order valence-electron chi connectivity index (χ0n) is 10.8. The molecule has 0 saturated heterocycles. The third-order valence-corrected chi connectivity index (χ3v) is 4.13. The molecule has 19 heavy (non-hydrogen) atoms. The lowest BCUT2D eigenvalue weighted by Gasteiger charge is -2.17. The van der Waals surface area contributed by atoms with Gasteiger partial charge in [-0.25, -0.2) is 4.39 Å². The molecule has 2 rings (SSSR count). The van der Waals surface area contributed by atoms with E-state index in [0.717, 1.165) is 13.0 Å². The Labute approximate surface area is 122 Å². The highest BCUT2D eigenvalue weighted by Crippen LogP contribution is 2.19. The average Bonchev–Trinajstić information content (AvgIpc) is 2.87. The molecule has 0 fully saturated rings. The van der Waals surface area contributed by atoms with Gasteiger partial charge in [0.15, 0.2) is 0 Å². The van der Waals surface area contributed by atoms with E-state index in [4.69, 9.17) is 11.6 Å². The van der Waals surface area contributed by atoms with Gasteiger partial charge in [0.25, 0.3) is 0 Å². The van der Waals surface area contributed by atoms with Crippen molar-refractivity contribution in [3.05, 3.63) is 57.0 Å². The van der Waals surface area contributed by atoms with E-state index in [1.54, 1.807) is 23.5 Å². The molecular weight excluding hydrogens is 281 g/mol. The van der Waals surface area contributed by atoms with Crippen LogP contribution in [0.5, 0.6) is 0 Å². The molecule has 0 bridgehead atoms. The maximum Gasteiger partial charge on any atom is 0.126 e. The van der Waals surface area contributed by atoms with Crippen LogP contribution in [0.25, 0.3) is 0 Å². The van der Waals surface area contributed by atoms with Gasteiger partial charge in [-0.1, -0.05) is 24.6 Å². The number of hydrogen-bond acceptors (Lipinski definition) is 2. The van der Waals surface area contributed by atoms with Crippen molar-refractivity contribution < 1.29 is 4.39 Å². The molecule has 1 nitrogen and oxygen atoms in total. The van der Waals surface area contributed by atoms with Crippen molar-refractivity contribution in [3.8, 4) is 0 Å². The van der Waals surface area contributed by atoms with Crippen LogP contribution in [-0.4, -0.2) is 12.6 Å². The van der Waals surface area contributed by atoms with Gasteiger partial charge < -0.3 is 5.32 Å². The Bertz CT molecular complexity index is 513. The standard InChI is InChI=1S/C15H17ClFNS/c1-2-18-13(10-14-4-3-7-19-14)9-11-8-12(16)5-6-15(11)17/h3-8,13,18H,2,9-10H2,1H3. The average molecular weight is 298 g/mol. The lowest BCUT2D eigenvalue weighted by Crippen LogP contribution is -2.33. The first-order valence-electron chi connectivity index (χ1n) is 6.38. The van der Waals surface area contributed by atoms with Crippen molar-refractivity contribution in [2.75, 3.05) is 6.54 Å².